The summed E-state index contributed by atoms with van der Waals surface area (Å²) >= 11 is 0. The molecule has 1 saturated carbocycles. The molecule has 0 aromatic carbocycles. The molecule has 1 rings (SSSR count). The van der Waals surface area contributed by atoms with Crippen LogP contribution in [0.1, 0.15) is 93.9 Å². The van der Waals surface area contributed by atoms with Crippen LogP contribution >= 0.6 is 0 Å². The Labute approximate surface area is 158 Å². The largest absolute Gasteiger partial charge is 0.390 e. The first kappa shape index (κ1) is 31.8. The molecule has 0 radical (unpaired) electrons. The van der Waals surface area contributed by atoms with E-state index in [1.54, 1.807) is 6.08 Å². The zero-order valence-corrected chi connectivity index (χ0v) is 18.3. The average Bonchev–Trinajstić information content (AvgIpc) is 2.86. The van der Waals surface area contributed by atoms with Gasteiger partial charge in [-0.15, -0.1) is 6.58 Å². The number of hydrogen-bond donors (Lipinski definition) is 1. The second-order valence-electron chi connectivity index (χ2n) is 4.94. The number of allylic oxidation sites excluding steroid dienone is 3. The quantitative estimate of drug-likeness (QED) is 0.270. The molecule has 1 aliphatic carbocycles. The molecule has 0 amide bonds. The van der Waals surface area contributed by atoms with E-state index >= 15 is 0 Å². The lowest BCUT2D eigenvalue weighted by Crippen LogP contribution is -2.27. The normalized spacial score (nSPS) is 18.8. The second-order valence-corrected chi connectivity index (χ2v) is 4.94. The van der Waals surface area contributed by atoms with Gasteiger partial charge in [-0.25, -0.2) is 0 Å². The van der Waals surface area contributed by atoms with E-state index < -0.39 is 0 Å². The Balaban J connectivity index is -0.000000136. The SMILES string of the molecule is C/C=C(\C=O)CC.C=CC.CC.CC.CCOC1CCCCCC1O. The van der Waals surface area contributed by atoms with Crippen molar-refractivity contribution in [1.29, 1.82) is 0 Å². The number of carbonyl (C=O) groups is 1. The van der Waals surface area contributed by atoms with Crippen molar-refractivity contribution in [2.45, 2.75) is 106 Å². The van der Waals surface area contributed by atoms with Crippen molar-refractivity contribution in [3.63, 3.8) is 0 Å². The third-order valence-corrected chi connectivity index (χ3v) is 3.23. The van der Waals surface area contributed by atoms with Crippen LogP contribution in [0.4, 0.5) is 0 Å². The molecule has 3 heteroatoms. The maximum absolute atomic E-state index is 9.90. The Morgan fingerprint density at radius 1 is 1.08 bits per heavy atom. The number of carbonyl (C=O) groups excluding carboxylic acids is 1. The van der Waals surface area contributed by atoms with E-state index in [0.29, 0.717) is 0 Å². The van der Waals surface area contributed by atoms with Crippen molar-refractivity contribution in [2.75, 3.05) is 6.61 Å². The highest BCUT2D eigenvalue weighted by Crippen LogP contribution is 2.20. The van der Waals surface area contributed by atoms with Gasteiger partial charge in [-0.3, -0.25) is 4.79 Å². The molecular weight excluding hydrogens is 312 g/mol. The minimum Gasteiger partial charge on any atom is -0.390 e. The predicted molar refractivity (Wildman–Crippen MR) is 113 cm³/mol. The summed E-state index contributed by atoms with van der Waals surface area (Å²) in [7, 11) is 0. The van der Waals surface area contributed by atoms with E-state index in [-0.39, 0.29) is 12.2 Å². The van der Waals surface area contributed by atoms with E-state index in [1.807, 2.05) is 61.5 Å². The monoisotopic (exact) mass is 358 g/mol. The summed E-state index contributed by atoms with van der Waals surface area (Å²) in [5, 5.41) is 9.56. The third kappa shape index (κ3) is 25.4. The van der Waals surface area contributed by atoms with Crippen LogP contribution in [0.15, 0.2) is 24.3 Å². The second kappa shape index (κ2) is 30.9. The molecule has 152 valence electrons. The van der Waals surface area contributed by atoms with E-state index in [4.69, 9.17) is 4.74 Å². The van der Waals surface area contributed by atoms with Crippen molar-refractivity contribution < 1.29 is 14.6 Å². The van der Waals surface area contributed by atoms with Crippen LogP contribution in [0.3, 0.4) is 0 Å². The topological polar surface area (TPSA) is 46.5 Å². The van der Waals surface area contributed by atoms with E-state index in [9.17, 15) is 9.90 Å². The van der Waals surface area contributed by atoms with Gasteiger partial charge in [0.25, 0.3) is 0 Å². The van der Waals surface area contributed by atoms with Crippen molar-refractivity contribution in [1.82, 2.24) is 0 Å². The van der Waals surface area contributed by atoms with Gasteiger partial charge in [0.05, 0.1) is 12.2 Å². The third-order valence-electron chi connectivity index (χ3n) is 3.23. The zero-order valence-electron chi connectivity index (χ0n) is 18.3. The molecule has 1 aliphatic rings. The molecule has 0 saturated heterocycles. The van der Waals surface area contributed by atoms with Crippen molar-refractivity contribution in [2.24, 2.45) is 0 Å². The minimum absolute atomic E-state index is 0.113. The fraction of sp³-hybridized carbons (Fsp3) is 0.773. The lowest BCUT2D eigenvalue weighted by molar-refractivity contribution is -0.105. The molecule has 25 heavy (non-hydrogen) atoms. The van der Waals surface area contributed by atoms with Gasteiger partial charge < -0.3 is 9.84 Å². The van der Waals surface area contributed by atoms with Gasteiger partial charge in [-0.2, -0.15) is 0 Å². The Bertz CT molecular complexity index is 272. The molecule has 0 aromatic rings. The Morgan fingerprint density at radius 2 is 1.56 bits per heavy atom. The van der Waals surface area contributed by atoms with Crippen molar-refractivity contribution in [3.8, 4) is 0 Å². The number of aliphatic hydroxyl groups is 1. The molecule has 1 fully saturated rings. The van der Waals surface area contributed by atoms with Gasteiger partial charge in [-0.1, -0.05) is 66.0 Å². The fourth-order valence-corrected chi connectivity index (χ4v) is 2.02. The molecule has 0 aromatic heterocycles. The van der Waals surface area contributed by atoms with Gasteiger partial charge in [0.2, 0.25) is 0 Å². The van der Waals surface area contributed by atoms with Crippen LogP contribution in [0.2, 0.25) is 0 Å². The van der Waals surface area contributed by atoms with E-state index in [0.717, 1.165) is 44.1 Å². The molecule has 3 nitrogen and oxygen atoms in total. The molecule has 2 atom stereocenters. The first-order valence-corrected chi connectivity index (χ1v) is 10.1. The van der Waals surface area contributed by atoms with Gasteiger partial charge >= 0.3 is 0 Å². The molecule has 0 aliphatic heterocycles. The van der Waals surface area contributed by atoms with Crippen LogP contribution in [0.5, 0.6) is 0 Å². The average molecular weight is 359 g/mol. The molecular formula is C22H46O3. The maximum Gasteiger partial charge on any atom is 0.145 e. The number of aliphatic hydroxyl groups excluding tert-OH is 1. The van der Waals surface area contributed by atoms with Crippen LogP contribution in [0.25, 0.3) is 0 Å². The summed E-state index contributed by atoms with van der Waals surface area (Å²) in [5.41, 5.74) is 0.875. The molecule has 0 spiro atoms. The lowest BCUT2D eigenvalue weighted by atomic mass is 10.1. The molecule has 2 unspecified atom stereocenters. The molecule has 0 heterocycles. The predicted octanol–water partition coefficient (Wildman–Crippen LogP) is 6.50. The highest BCUT2D eigenvalue weighted by Gasteiger charge is 2.21. The maximum atomic E-state index is 9.90. The number of rotatable bonds is 4. The zero-order chi connectivity index (χ0) is 20.5. The summed E-state index contributed by atoms with van der Waals surface area (Å²) < 4.78 is 5.43. The fourth-order valence-electron chi connectivity index (χ4n) is 2.02. The summed E-state index contributed by atoms with van der Waals surface area (Å²) in [6.07, 6.45) is 10.8. The highest BCUT2D eigenvalue weighted by molar-refractivity contribution is 5.72. The van der Waals surface area contributed by atoms with Gasteiger partial charge in [-0.05, 0) is 45.6 Å². The standard InChI is InChI=1S/C9H18O2.C6H10O.C3H6.2C2H6/c1-2-11-9-7-5-3-4-6-8(9)10;1-3-6(4-2)5-7;1-3-2;2*1-2/h8-10H,2-7H2,1H3;3,5H,4H2,1-2H3;3H,1H2,2H3;2*1-2H3/b;6-3-;;;. The highest BCUT2D eigenvalue weighted by atomic mass is 16.5. The smallest absolute Gasteiger partial charge is 0.145 e. The van der Waals surface area contributed by atoms with Crippen LogP contribution in [-0.4, -0.2) is 30.2 Å². The number of ether oxygens (including phenoxy) is 1. The van der Waals surface area contributed by atoms with Gasteiger partial charge in [0.1, 0.15) is 6.29 Å². The summed E-state index contributed by atoms with van der Waals surface area (Å²) in [6, 6.07) is 0. The number of aldehydes is 1. The van der Waals surface area contributed by atoms with Crippen molar-refractivity contribution >= 4 is 6.29 Å². The Morgan fingerprint density at radius 3 is 1.88 bits per heavy atom. The van der Waals surface area contributed by atoms with Crippen LogP contribution in [0, 0.1) is 0 Å². The van der Waals surface area contributed by atoms with Gasteiger partial charge in [0, 0.05) is 6.61 Å². The number of hydrogen-bond acceptors (Lipinski definition) is 3. The Hall–Kier alpha value is -0.930. The lowest BCUT2D eigenvalue weighted by Gasteiger charge is -2.19. The van der Waals surface area contributed by atoms with Gasteiger partial charge in [0.15, 0.2) is 0 Å². The van der Waals surface area contributed by atoms with Crippen molar-refractivity contribution in [3.05, 3.63) is 24.3 Å². The Kier molecular flexibility index (Phi) is 39.3. The molecule has 0 bridgehead atoms. The first-order chi connectivity index (χ1) is 12.1. The van der Waals surface area contributed by atoms with Crippen LogP contribution in [-0.2, 0) is 9.53 Å². The summed E-state index contributed by atoms with van der Waals surface area (Å²) in [4.78, 5) is 9.90. The summed E-state index contributed by atoms with van der Waals surface area (Å²) in [5.74, 6) is 0. The summed E-state index contributed by atoms with van der Waals surface area (Å²) in [6.45, 7) is 19.8. The van der Waals surface area contributed by atoms with Crippen LogP contribution < -0.4 is 0 Å². The van der Waals surface area contributed by atoms with E-state index in [1.165, 1.54) is 12.8 Å². The molecule has 1 N–H and O–H groups in total. The minimum atomic E-state index is -0.211. The van der Waals surface area contributed by atoms with E-state index in [2.05, 4.69) is 6.58 Å². The first-order valence-electron chi connectivity index (χ1n) is 10.1.